The van der Waals surface area contributed by atoms with Crippen molar-refractivity contribution in [2.45, 2.75) is 13.3 Å². The zero-order valence-corrected chi connectivity index (χ0v) is 13.0. The quantitative estimate of drug-likeness (QED) is 0.835. The Bertz CT molecular complexity index is 532. The second-order valence-corrected chi connectivity index (χ2v) is 7.32. The van der Waals surface area contributed by atoms with Crippen LogP contribution in [0.15, 0.2) is 12.1 Å². The van der Waals surface area contributed by atoms with Gasteiger partial charge in [0.25, 0.3) is 0 Å². The third-order valence-electron chi connectivity index (χ3n) is 2.58. The zero-order chi connectivity index (χ0) is 14.5. The fourth-order valence-electron chi connectivity index (χ4n) is 1.53. The summed E-state index contributed by atoms with van der Waals surface area (Å²) in [5.41, 5.74) is 6.30. The summed E-state index contributed by atoms with van der Waals surface area (Å²) < 4.78 is 28.3. The summed E-state index contributed by atoms with van der Waals surface area (Å²) in [4.78, 5) is 0. The Morgan fingerprint density at radius 2 is 2.00 bits per heavy atom. The van der Waals surface area contributed by atoms with Gasteiger partial charge < -0.3 is 10.5 Å². The minimum absolute atomic E-state index is 0.0372. The Hall–Kier alpha value is -0.490. The van der Waals surface area contributed by atoms with Gasteiger partial charge in [-0.15, -0.1) is 0 Å². The van der Waals surface area contributed by atoms with E-state index < -0.39 is 9.84 Å². The van der Waals surface area contributed by atoms with Crippen molar-refractivity contribution < 1.29 is 13.2 Å². The number of benzene rings is 1. The van der Waals surface area contributed by atoms with Gasteiger partial charge in [0.2, 0.25) is 0 Å². The fourth-order valence-corrected chi connectivity index (χ4v) is 2.75. The number of ether oxygens (including phenoxy) is 1. The Balaban J connectivity index is 2.82. The maximum atomic E-state index is 11.4. The lowest BCUT2D eigenvalue weighted by molar-refractivity contribution is 0.337. The minimum Gasteiger partial charge on any atom is -0.491 e. The highest BCUT2D eigenvalue weighted by Gasteiger charge is 2.13. The third kappa shape index (κ3) is 5.18. The van der Waals surface area contributed by atoms with Crippen LogP contribution in [0.5, 0.6) is 5.75 Å². The van der Waals surface area contributed by atoms with Crippen molar-refractivity contribution in [2.75, 3.05) is 24.7 Å². The molecular weight excluding hydrogens is 309 g/mol. The first-order chi connectivity index (χ1) is 8.89. The lowest BCUT2D eigenvalue weighted by atomic mass is 10.1. The smallest absolute Gasteiger partial charge is 0.153 e. The molecular formula is C12H17Cl2NO3S. The number of nitrogens with two attached hydrogens (primary N) is 1. The van der Waals surface area contributed by atoms with Crippen LogP contribution in [0.1, 0.15) is 12.5 Å². The summed E-state index contributed by atoms with van der Waals surface area (Å²) in [5.74, 6) is 0.521. The fraction of sp³-hybridized carbons (Fsp3) is 0.500. The molecule has 0 saturated carbocycles. The molecule has 0 aliphatic rings. The van der Waals surface area contributed by atoms with E-state index in [1.54, 1.807) is 19.1 Å². The summed E-state index contributed by atoms with van der Waals surface area (Å²) >= 11 is 12.0. The van der Waals surface area contributed by atoms with Crippen LogP contribution < -0.4 is 10.5 Å². The second kappa shape index (κ2) is 7.33. The lowest BCUT2D eigenvalue weighted by Gasteiger charge is -2.13. The van der Waals surface area contributed by atoms with Crippen LogP contribution in [0.3, 0.4) is 0 Å². The molecule has 7 heteroatoms. The number of rotatable bonds is 7. The Morgan fingerprint density at radius 1 is 1.32 bits per heavy atom. The SMILES string of the molecule is CCS(=O)(=O)CCOc1c(Cl)cc(Cl)cc1CCN. The maximum Gasteiger partial charge on any atom is 0.153 e. The molecule has 0 amide bonds. The molecule has 0 aliphatic carbocycles. The van der Waals surface area contributed by atoms with Crippen molar-refractivity contribution in [3.8, 4) is 5.75 Å². The molecule has 0 heterocycles. The monoisotopic (exact) mass is 325 g/mol. The Labute approximate surface area is 123 Å². The predicted octanol–water partition coefficient (Wildman–Crippen LogP) is 2.31. The molecule has 19 heavy (non-hydrogen) atoms. The molecule has 4 nitrogen and oxygen atoms in total. The molecule has 0 atom stereocenters. The highest BCUT2D eigenvalue weighted by Crippen LogP contribution is 2.32. The molecule has 0 aliphatic heterocycles. The molecule has 0 radical (unpaired) electrons. The highest BCUT2D eigenvalue weighted by atomic mass is 35.5. The summed E-state index contributed by atoms with van der Waals surface area (Å²) in [7, 11) is -3.05. The summed E-state index contributed by atoms with van der Waals surface area (Å²) in [6.45, 7) is 2.10. The molecule has 0 fully saturated rings. The largest absolute Gasteiger partial charge is 0.491 e. The van der Waals surface area contributed by atoms with E-state index in [9.17, 15) is 8.42 Å². The first-order valence-electron chi connectivity index (χ1n) is 5.91. The van der Waals surface area contributed by atoms with Gasteiger partial charge in [-0.2, -0.15) is 0 Å². The van der Waals surface area contributed by atoms with Crippen LogP contribution in [0.2, 0.25) is 10.0 Å². The van der Waals surface area contributed by atoms with Crippen molar-refractivity contribution in [3.63, 3.8) is 0 Å². The van der Waals surface area contributed by atoms with Gasteiger partial charge in [-0.25, -0.2) is 8.42 Å². The van der Waals surface area contributed by atoms with Crippen molar-refractivity contribution in [1.29, 1.82) is 0 Å². The molecule has 1 rings (SSSR count). The van der Waals surface area contributed by atoms with Gasteiger partial charge in [0.05, 0.1) is 10.8 Å². The Kier molecular flexibility index (Phi) is 6.39. The number of hydrogen-bond acceptors (Lipinski definition) is 4. The Morgan fingerprint density at radius 3 is 2.58 bits per heavy atom. The second-order valence-electron chi connectivity index (χ2n) is 4.00. The normalized spacial score (nSPS) is 11.6. The number of sulfone groups is 1. The highest BCUT2D eigenvalue weighted by molar-refractivity contribution is 7.91. The van der Waals surface area contributed by atoms with Crippen LogP contribution in [0.25, 0.3) is 0 Å². The van der Waals surface area contributed by atoms with Gasteiger partial charge in [0.15, 0.2) is 9.84 Å². The zero-order valence-electron chi connectivity index (χ0n) is 10.7. The average molecular weight is 326 g/mol. The standard InChI is InChI=1S/C12H17Cl2NO3S/c1-2-19(16,17)6-5-18-12-9(3-4-15)7-10(13)8-11(12)14/h7-8H,2-6,15H2,1H3. The van der Waals surface area contributed by atoms with E-state index in [4.69, 9.17) is 33.7 Å². The lowest BCUT2D eigenvalue weighted by Crippen LogP contribution is -2.16. The predicted molar refractivity (Wildman–Crippen MR) is 79.0 cm³/mol. The van der Waals surface area contributed by atoms with Gasteiger partial charge in [-0.1, -0.05) is 30.1 Å². The first-order valence-corrected chi connectivity index (χ1v) is 8.48. The van der Waals surface area contributed by atoms with E-state index in [-0.39, 0.29) is 18.1 Å². The third-order valence-corrected chi connectivity index (χ3v) is 4.75. The van der Waals surface area contributed by atoms with E-state index in [1.165, 1.54) is 0 Å². The van der Waals surface area contributed by atoms with E-state index in [0.29, 0.717) is 28.8 Å². The van der Waals surface area contributed by atoms with Crippen LogP contribution in [0.4, 0.5) is 0 Å². The van der Waals surface area contributed by atoms with Gasteiger partial charge in [-0.05, 0) is 30.7 Å². The topological polar surface area (TPSA) is 69.4 Å². The molecule has 1 aromatic rings. The summed E-state index contributed by atoms with van der Waals surface area (Å²) in [5, 5.41) is 0.867. The molecule has 0 saturated heterocycles. The van der Waals surface area contributed by atoms with Gasteiger partial charge in [0, 0.05) is 10.8 Å². The number of hydrogen-bond donors (Lipinski definition) is 1. The van der Waals surface area contributed by atoms with Crippen LogP contribution in [-0.4, -0.2) is 33.1 Å². The molecule has 0 bridgehead atoms. The van der Waals surface area contributed by atoms with E-state index in [1.807, 2.05) is 0 Å². The van der Waals surface area contributed by atoms with Crippen molar-refractivity contribution in [1.82, 2.24) is 0 Å². The van der Waals surface area contributed by atoms with E-state index in [2.05, 4.69) is 0 Å². The van der Waals surface area contributed by atoms with Crippen LogP contribution in [0, 0.1) is 0 Å². The molecule has 0 unspecified atom stereocenters. The average Bonchev–Trinajstić information content (AvgIpc) is 2.33. The van der Waals surface area contributed by atoms with E-state index >= 15 is 0 Å². The molecule has 0 aromatic heterocycles. The van der Waals surface area contributed by atoms with Crippen molar-refractivity contribution >= 4 is 33.0 Å². The summed E-state index contributed by atoms with van der Waals surface area (Å²) in [6, 6.07) is 3.29. The number of halogens is 2. The minimum atomic E-state index is -3.05. The molecule has 2 N–H and O–H groups in total. The van der Waals surface area contributed by atoms with Crippen molar-refractivity contribution in [3.05, 3.63) is 27.7 Å². The van der Waals surface area contributed by atoms with Crippen LogP contribution in [-0.2, 0) is 16.3 Å². The van der Waals surface area contributed by atoms with Gasteiger partial charge in [0.1, 0.15) is 12.4 Å². The summed E-state index contributed by atoms with van der Waals surface area (Å²) in [6.07, 6.45) is 0.566. The van der Waals surface area contributed by atoms with Crippen molar-refractivity contribution in [2.24, 2.45) is 5.73 Å². The van der Waals surface area contributed by atoms with E-state index in [0.717, 1.165) is 5.56 Å². The maximum absolute atomic E-state index is 11.4. The molecule has 0 spiro atoms. The van der Waals surface area contributed by atoms with Gasteiger partial charge in [-0.3, -0.25) is 0 Å². The molecule has 108 valence electrons. The van der Waals surface area contributed by atoms with Gasteiger partial charge >= 0.3 is 0 Å². The molecule has 1 aromatic carbocycles. The van der Waals surface area contributed by atoms with Crippen LogP contribution >= 0.6 is 23.2 Å². The first kappa shape index (κ1) is 16.6.